The van der Waals surface area contributed by atoms with Crippen molar-refractivity contribution >= 4 is 33.2 Å². The summed E-state index contributed by atoms with van der Waals surface area (Å²) in [6, 6.07) is 10.9. The van der Waals surface area contributed by atoms with E-state index >= 15 is 0 Å². The van der Waals surface area contributed by atoms with Crippen molar-refractivity contribution in [1.82, 2.24) is 0 Å². The molecule has 1 aliphatic rings. The molecule has 3 rings (SSSR count). The highest BCUT2D eigenvalue weighted by Gasteiger charge is 2.30. The Labute approximate surface area is 175 Å². The number of anilines is 2. The molecule has 1 saturated heterocycles. The van der Waals surface area contributed by atoms with E-state index in [1.54, 1.807) is 24.3 Å². The van der Waals surface area contributed by atoms with Gasteiger partial charge in [-0.15, -0.1) is 0 Å². The Hall–Kier alpha value is -3.07. The molecule has 1 N–H and O–H groups in total. The summed E-state index contributed by atoms with van der Waals surface area (Å²) in [6.07, 6.45) is 0.810. The number of ether oxygens (including phenoxy) is 2. The summed E-state index contributed by atoms with van der Waals surface area (Å²) in [5.74, 6) is -0.246. The molecule has 0 aromatic heterocycles. The van der Waals surface area contributed by atoms with Gasteiger partial charge in [-0.2, -0.15) is 0 Å². The van der Waals surface area contributed by atoms with Gasteiger partial charge in [0.15, 0.2) is 0 Å². The van der Waals surface area contributed by atoms with Crippen molar-refractivity contribution in [2.75, 3.05) is 16.7 Å². The molecule has 0 aliphatic carbocycles. The number of carbonyl (C=O) groups excluding carboxylic acids is 2. The Balaban J connectivity index is 2.01. The summed E-state index contributed by atoms with van der Waals surface area (Å²) in [7, 11) is -2.77. The summed E-state index contributed by atoms with van der Waals surface area (Å²) in [5.41, 5.74) is 0.460. The number of para-hydroxylation sites is 2. The second kappa shape index (κ2) is 8.74. The van der Waals surface area contributed by atoms with Crippen LogP contribution < -0.4 is 19.1 Å². The fourth-order valence-electron chi connectivity index (χ4n) is 3.16. The molecule has 0 spiro atoms. The molecule has 0 radical (unpaired) electrons. The average molecular weight is 432 g/mol. The fourth-order valence-corrected chi connectivity index (χ4v) is 4.42. The van der Waals surface area contributed by atoms with E-state index in [0.29, 0.717) is 12.2 Å². The van der Waals surface area contributed by atoms with Crippen LogP contribution in [0.1, 0.15) is 33.1 Å². The lowest BCUT2D eigenvalue weighted by atomic mass is 10.1. The Morgan fingerprint density at radius 2 is 1.67 bits per heavy atom. The minimum Gasteiger partial charge on any atom is -0.495 e. The zero-order valence-electron chi connectivity index (χ0n) is 17.0. The normalized spacial score (nSPS) is 14.7. The Kier molecular flexibility index (Phi) is 6.31. The van der Waals surface area contributed by atoms with Crippen LogP contribution in [0, 0.1) is 0 Å². The largest absolute Gasteiger partial charge is 0.495 e. The van der Waals surface area contributed by atoms with E-state index in [0.717, 1.165) is 4.90 Å². The molecule has 2 amide bonds. The van der Waals surface area contributed by atoms with Crippen LogP contribution in [0.3, 0.4) is 0 Å². The third-order valence-corrected chi connectivity index (χ3v) is 5.86. The molecule has 2 aromatic rings. The van der Waals surface area contributed by atoms with Gasteiger partial charge in [-0.25, -0.2) is 8.42 Å². The van der Waals surface area contributed by atoms with E-state index in [-0.39, 0.29) is 52.8 Å². The van der Waals surface area contributed by atoms with Crippen LogP contribution in [0.25, 0.3) is 0 Å². The quantitative estimate of drug-likeness (QED) is 0.674. The first kappa shape index (κ1) is 21.6. The van der Waals surface area contributed by atoms with Gasteiger partial charge < -0.3 is 9.47 Å². The maximum Gasteiger partial charge on any atom is 0.265 e. The van der Waals surface area contributed by atoms with E-state index < -0.39 is 10.0 Å². The lowest BCUT2D eigenvalue weighted by Crippen LogP contribution is -2.40. The molecule has 1 aliphatic heterocycles. The molecule has 1 fully saturated rings. The van der Waals surface area contributed by atoms with Crippen LogP contribution in [0.5, 0.6) is 11.5 Å². The number of carbonyl (C=O) groups is 2. The monoisotopic (exact) mass is 432 g/mol. The Morgan fingerprint density at radius 3 is 2.30 bits per heavy atom. The molecule has 0 unspecified atom stereocenters. The Bertz CT molecular complexity index is 1050. The van der Waals surface area contributed by atoms with Gasteiger partial charge in [-0.1, -0.05) is 12.1 Å². The van der Waals surface area contributed by atoms with Gasteiger partial charge in [-0.3, -0.25) is 19.2 Å². The highest BCUT2D eigenvalue weighted by atomic mass is 32.2. The number of rotatable bonds is 7. The first-order valence-electron chi connectivity index (χ1n) is 9.55. The van der Waals surface area contributed by atoms with Crippen LogP contribution in [-0.4, -0.2) is 33.4 Å². The number of nitrogens with one attached hydrogen (secondary N) is 1. The highest BCUT2D eigenvalue weighted by molar-refractivity contribution is 7.92. The second-order valence-corrected chi connectivity index (χ2v) is 8.73. The fraction of sp³-hybridized carbons (Fsp3) is 0.333. The number of hydrogen-bond acceptors (Lipinski definition) is 6. The predicted molar refractivity (Wildman–Crippen MR) is 112 cm³/mol. The number of piperidine rings is 1. The molecule has 2 aromatic carbocycles. The summed E-state index contributed by atoms with van der Waals surface area (Å²) < 4.78 is 39.8. The lowest BCUT2D eigenvalue weighted by Gasteiger charge is -2.25. The second-order valence-electron chi connectivity index (χ2n) is 7.08. The van der Waals surface area contributed by atoms with Gasteiger partial charge >= 0.3 is 0 Å². The van der Waals surface area contributed by atoms with E-state index in [1.165, 1.54) is 25.3 Å². The van der Waals surface area contributed by atoms with Crippen molar-refractivity contribution in [3.63, 3.8) is 0 Å². The van der Waals surface area contributed by atoms with Crippen LogP contribution in [0.15, 0.2) is 47.4 Å². The van der Waals surface area contributed by atoms with Crippen molar-refractivity contribution in [3.05, 3.63) is 42.5 Å². The number of imide groups is 1. The molecule has 0 bridgehead atoms. The minimum atomic E-state index is -4.11. The van der Waals surface area contributed by atoms with Crippen LogP contribution in [-0.2, 0) is 19.6 Å². The molecule has 1 heterocycles. The van der Waals surface area contributed by atoms with Gasteiger partial charge in [-0.05, 0) is 50.6 Å². The summed E-state index contributed by atoms with van der Waals surface area (Å²) in [4.78, 5) is 25.3. The molecule has 9 heteroatoms. The summed E-state index contributed by atoms with van der Waals surface area (Å²) in [6.45, 7) is 3.68. The lowest BCUT2D eigenvalue weighted by molar-refractivity contribution is -0.129. The zero-order chi connectivity index (χ0) is 21.9. The van der Waals surface area contributed by atoms with Gasteiger partial charge in [0, 0.05) is 12.8 Å². The molecule has 160 valence electrons. The standard InChI is InChI=1S/C21H24N2O6S/c1-14(2)29-17-8-5-4-7-16(17)22-30(26,27)19-13-15(11-12-18(19)28-3)23-20(24)9-6-10-21(23)25/h4-5,7-8,11-14,22H,6,9-10H2,1-3H3. The van der Waals surface area contributed by atoms with Crippen LogP contribution >= 0.6 is 0 Å². The Morgan fingerprint density at radius 1 is 1.00 bits per heavy atom. The van der Waals surface area contributed by atoms with Crippen molar-refractivity contribution in [3.8, 4) is 11.5 Å². The number of amides is 2. The van der Waals surface area contributed by atoms with Crippen LogP contribution in [0.4, 0.5) is 11.4 Å². The van der Waals surface area contributed by atoms with Crippen molar-refractivity contribution in [2.45, 2.75) is 44.1 Å². The maximum atomic E-state index is 13.2. The van der Waals surface area contributed by atoms with Crippen molar-refractivity contribution in [1.29, 1.82) is 0 Å². The van der Waals surface area contributed by atoms with Gasteiger partial charge in [0.2, 0.25) is 11.8 Å². The van der Waals surface area contributed by atoms with Gasteiger partial charge in [0.1, 0.15) is 16.4 Å². The van der Waals surface area contributed by atoms with Crippen molar-refractivity contribution in [2.24, 2.45) is 0 Å². The zero-order valence-corrected chi connectivity index (χ0v) is 17.9. The van der Waals surface area contributed by atoms with Gasteiger partial charge in [0.25, 0.3) is 10.0 Å². The smallest absolute Gasteiger partial charge is 0.265 e. The number of nitrogens with zero attached hydrogens (tertiary/aromatic N) is 1. The molecule has 0 atom stereocenters. The molecule has 8 nitrogen and oxygen atoms in total. The molecule has 0 saturated carbocycles. The number of sulfonamides is 1. The summed E-state index contributed by atoms with van der Waals surface area (Å²) >= 11 is 0. The predicted octanol–water partition coefficient (Wildman–Crippen LogP) is 3.33. The molecule has 30 heavy (non-hydrogen) atoms. The molecular weight excluding hydrogens is 408 g/mol. The summed E-state index contributed by atoms with van der Waals surface area (Å²) in [5, 5.41) is 0. The first-order valence-corrected chi connectivity index (χ1v) is 11.0. The van der Waals surface area contributed by atoms with E-state index in [4.69, 9.17) is 9.47 Å². The average Bonchev–Trinajstić information content (AvgIpc) is 2.69. The first-order chi connectivity index (χ1) is 14.2. The number of benzene rings is 2. The van der Waals surface area contributed by atoms with Gasteiger partial charge in [0.05, 0.1) is 24.6 Å². The van der Waals surface area contributed by atoms with Crippen molar-refractivity contribution < 1.29 is 27.5 Å². The number of hydrogen-bond donors (Lipinski definition) is 1. The van der Waals surface area contributed by atoms with Crippen LogP contribution in [0.2, 0.25) is 0 Å². The third kappa shape index (κ3) is 4.56. The molecular formula is C21H24N2O6S. The van der Waals surface area contributed by atoms with E-state index in [9.17, 15) is 18.0 Å². The minimum absolute atomic E-state index is 0.0883. The topological polar surface area (TPSA) is 102 Å². The maximum absolute atomic E-state index is 13.2. The van der Waals surface area contributed by atoms with E-state index in [2.05, 4.69) is 4.72 Å². The highest BCUT2D eigenvalue weighted by Crippen LogP contribution is 2.34. The number of methoxy groups -OCH3 is 1. The SMILES string of the molecule is COc1ccc(N2C(=O)CCCC2=O)cc1S(=O)(=O)Nc1ccccc1OC(C)C. The third-order valence-electron chi connectivity index (χ3n) is 4.47. The van der Waals surface area contributed by atoms with E-state index in [1.807, 2.05) is 13.8 Å².